The lowest BCUT2D eigenvalue weighted by Gasteiger charge is -2.36. The molecule has 0 spiro atoms. The second-order valence-corrected chi connectivity index (χ2v) is 8.32. The number of rotatable bonds is 2. The van der Waals surface area contributed by atoms with E-state index < -0.39 is 15.2 Å². The van der Waals surface area contributed by atoms with Gasteiger partial charge in [0.25, 0.3) is 0 Å². The highest BCUT2D eigenvalue weighted by Crippen LogP contribution is 2.36. The van der Waals surface area contributed by atoms with Gasteiger partial charge in [-0.3, -0.25) is 4.98 Å². The molecule has 2 N–H and O–H groups in total. The van der Waals surface area contributed by atoms with Gasteiger partial charge in [0.1, 0.15) is 5.37 Å². The molecule has 100 valence electrons. The highest BCUT2D eigenvalue weighted by Gasteiger charge is 2.33. The van der Waals surface area contributed by atoms with Crippen LogP contribution in [0.4, 0.5) is 11.4 Å². The van der Waals surface area contributed by atoms with Crippen molar-refractivity contribution in [3.05, 3.63) is 16.9 Å². The lowest BCUT2D eigenvalue weighted by atomic mass is 10.3. The standard InChI is InChI=1S/C10H14BrN3O2S2/c1-18(15,16)9-6-17-3-2-14(9)10-7(11)4-13-5-8(10)12/h4-5,9H,2-3,6,12H2,1H3. The summed E-state index contributed by atoms with van der Waals surface area (Å²) in [6.45, 7) is 0.662. The zero-order valence-corrected chi connectivity index (χ0v) is 13.1. The number of nitrogen functional groups attached to an aromatic ring is 1. The number of aromatic nitrogens is 1. The molecule has 8 heteroatoms. The molecule has 1 aliphatic rings. The van der Waals surface area contributed by atoms with E-state index in [1.807, 2.05) is 4.90 Å². The Bertz CT molecular complexity index is 530. The maximum atomic E-state index is 11.9. The first-order chi connectivity index (χ1) is 8.41. The normalized spacial score (nSPS) is 21.0. The average molecular weight is 352 g/mol. The monoisotopic (exact) mass is 351 g/mol. The molecule has 0 amide bonds. The Balaban J connectivity index is 2.47. The molecule has 1 aromatic rings. The fourth-order valence-corrected chi connectivity index (χ4v) is 5.34. The molecule has 5 nitrogen and oxygen atoms in total. The molecule has 0 radical (unpaired) electrons. The minimum Gasteiger partial charge on any atom is -0.396 e. The Morgan fingerprint density at radius 1 is 1.56 bits per heavy atom. The van der Waals surface area contributed by atoms with Crippen LogP contribution in [0.25, 0.3) is 0 Å². The predicted octanol–water partition coefficient (Wildman–Crippen LogP) is 1.35. The van der Waals surface area contributed by atoms with Crippen LogP contribution in [0.5, 0.6) is 0 Å². The van der Waals surface area contributed by atoms with E-state index in [9.17, 15) is 8.42 Å². The molecule has 1 aromatic heterocycles. The third-order valence-electron chi connectivity index (χ3n) is 2.77. The van der Waals surface area contributed by atoms with Gasteiger partial charge in [-0.05, 0) is 15.9 Å². The van der Waals surface area contributed by atoms with Gasteiger partial charge >= 0.3 is 0 Å². The van der Waals surface area contributed by atoms with Crippen molar-refractivity contribution in [2.75, 3.05) is 34.9 Å². The summed E-state index contributed by atoms with van der Waals surface area (Å²) in [4.78, 5) is 5.83. The van der Waals surface area contributed by atoms with Crippen molar-refractivity contribution in [3.63, 3.8) is 0 Å². The maximum absolute atomic E-state index is 11.9. The van der Waals surface area contributed by atoms with E-state index in [1.54, 1.807) is 24.2 Å². The predicted molar refractivity (Wildman–Crippen MR) is 79.7 cm³/mol. The number of nitrogens with zero attached hydrogens (tertiary/aromatic N) is 2. The summed E-state index contributed by atoms with van der Waals surface area (Å²) in [5.41, 5.74) is 7.14. The van der Waals surface area contributed by atoms with Crippen LogP contribution in [0.3, 0.4) is 0 Å². The highest BCUT2D eigenvalue weighted by atomic mass is 79.9. The second kappa shape index (κ2) is 5.26. The first kappa shape index (κ1) is 14.0. The van der Waals surface area contributed by atoms with E-state index in [-0.39, 0.29) is 0 Å². The van der Waals surface area contributed by atoms with Gasteiger partial charge in [0.2, 0.25) is 0 Å². The number of hydrogen-bond donors (Lipinski definition) is 1. The third-order valence-corrected chi connectivity index (χ3v) is 5.99. The Kier molecular flexibility index (Phi) is 4.08. The van der Waals surface area contributed by atoms with Crippen molar-refractivity contribution in [2.45, 2.75) is 5.37 Å². The van der Waals surface area contributed by atoms with Crippen molar-refractivity contribution >= 4 is 48.9 Å². The molecule has 0 bridgehead atoms. The minimum atomic E-state index is -3.15. The van der Waals surface area contributed by atoms with E-state index in [0.29, 0.717) is 18.0 Å². The zero-order chi connectivity index (χ0) is 13.3. The van der Waals surface area contributed by atoms with Crippen LogP contribution in [0.15, 0.2) is 16.9 Å². The minimum absolute atomic E-state index is 0.491. The summed E-state index contributed by atoms with van der Waals surface area (Å²) in [5.74, 6) is 1.45. The van der Waals surface area contributed by atoms with Gasteiger partial charge in [-0.15, -0.1) is 0 Å². The first-order valence-electron chi connectivity index (χ1n) is 5.33. The van der Waals surface area contributed by atoms with Crippen LogP contribution >= 0.6 is 27.7 Å². The van der Waals surface area contributed by atoms with Gasteiger partial charge in [-0.2, -0.15) is 11.8 Å². The molecule has 1 unspecified atom stereocenters. The Morgan fingerprint density at radius 3 is 2.89 bits per heavy atom. The lowest BCUT2D eigenvalue weighted by Crippen LogP contribution is -2.47. The van der Waals surface area contributed by atoms with Crippen molar-refractivity contribution in [2.24, 2.45) is 0 Å². The van der Waals surface area contributed by atoms with Crippen LogP contribution in [0, 0.1) is 0 Å². The van der Waals surface area contributed by atoms with E-state index in [1.165, 1.54) is 6.26 Å². The van der Waals surface area contributed by atoms with E-state index >= 15 is 0 Å². The molecule has 1 saturated heterocycles. The van der Waals surface area contributed by atoms with Crippen LogP contribution in [-0.4, -0.2) is 43.1 Å². The van der Waals surface area contributed by atoms with Gasteiger partial charge in [-0.1, -0.05) is 0 Å². The number of nitrogens with two attached hydrogens (primary N) is 1. The summed E-state index contributed by atoms with van der Waals surface area (Å²) in [7, 11) is -3.15. The van der Waals surface area contributed by atoms with Crippen molar-refractivity contribution < 1.29 is 8.42 Å². The molecule has 1 aliphatic heterocycles. The molecule has 2 rings (SSSR count). The van der Waals surface area contributed by atoms with Crippen molar-refractivity contribution in [1.82, 2.24) is 4.98 Å². The fraction of sp³-hybridized carbons (Fsp3) is 0.500. The molecule has 1 fully saturated rings. The van der Waals surface area contributed by atoms with Crippen molar-refractivity contribution in [3.8, 4) is 0 Å². The summed E-state index contributed by atoms with van der Waals surface area (Å²) >= 11 is 5.04. The molecular formula is C10H14BrN3O2S2. The number of sulfone groups is 1. The summed E-state index contributed by atoms with van der Waals surface area (Å²) in [5, 5.41) is -0.530. The molecule has 2 heterocycles. The first-order valence-corrected chi connectivity index (χ1v) is 9.23. The van der Waals surface area contributed by atoms with Gasteiger partial charge < -0.3 is 10.6 Å². The molecule has 18 heavy (non-hydrogen) atoms. The fourth-order valence-electron chi connectivity index (χ4n) is 1.94. The van der Waals surface area contributed by atoms with Crippen LogP contribution < -0.4 is 10.6 Å². The van der Waals surface area contributed by atoms with Crippen molar-refractivity contribution in [1.29, 1.82) is 0 Å². The van der Waals surface area contributed by atoms with E-state index in [0.717, 1.165) is 15.9 Å². The summed E-state index contributed by atoms with van der Waals surface area (Å²) < 4.78 is 24.5. The Morgan fingerprint density at radius 2 is 2.28 bits per heavy atom. The average Bonchev–Trinajstić information content (AvgIpc) is 2.28. The van der Waals surface area contributed by atoms with Gasteiger partial charge in [-0.25, -0.2) is 8.42 Å². The van der Waals surface area contributed by atoms with E-state index in [4.69, 9.17) is 5.73 Å². The number of pyridine rings is 1. The van der Waals surface area contributed by atoms with Gasteiger partial charge in [0, 0.05) is 30.5 Å². The summed E-state index contributed by atoms with van der Waals surface area (Å²) in [6, 6.07) is 0. The zero-order valence-electron chi connectivity index (χ0n) is 9.84. The largest absolute Gasteiger partial charge is 0.396 e. The molecule has 1 atom stereocenters. The SMILES string of the molecule is CS(=O)(=O)C1CSCCN1c1c(N)cncc1Br. The topological polar surface area (TPSA) is 76.3 Å². The number of hydrogen-bond acceptors (Lipinski definition) is 6. The smallest absolute Gasteiger partial charge is 0.169 e. The lowest BCUT2D eigenvalue weighted by molar-refractivity contribution is 0.584. The van der Waals surface area contributed by atoms with E-state index in [2.05, 4.69) is 20.9 Å². The molecule has 0 aliphatic carbocycles. The summed E-state index contributed by atoms with van der Waals surface area (Å²) in [6.07, 6.45) is 4.44. The molecule has 0 saturated carbocycles. The van der Waals surface area contributed by atoms with Gasteiger partial charge in [0.15, 0.2) is 9.84 Å². The Hall–Kier alpha value is -0.470. The third kappa shape index (κ3) is 2.75. The number of halogens is 1. The van der Waals surface area contributed by atoms with Crippen LogP contribution in [0.1, 0.15) is 0 Å². The highest BCUT2D eigenvalue weighted by molar-refractivity contribution is 9.10. The van der Waals surface area contributed by atoms with Gasteiger partial charge in [0.05, 0.1) is 22.0 Å². The maximum Gasteiger partial charge on any atom is 0.169 e. The Labute approximate surface area is 119 Å². The second-order valence-electron chi connectivity index (χ2n) is 4.11. The van der Waals surface area contributed by atoms with Crippen LogP contribution in [-0.2, 0) is 9.84 Å². The quantitative estimate of drug-likeness (QED) is 0.866. The van der Waals surface area contributed by atoms with Crippen LogP contribution in [0.2, 0.25) is 0 Å². The number of anilines is 2. The number of thioether (sulfide) groups is 1. The molecule has 0 aromatic carbocycles. The molecular weight excluding hydrogens is 338 g/mol.